The van der Waals surface area contributed by atoms with Gasteiger partial charge in [-0.25, -0.2) is 0 Å². The standard InChI is InChI=1S/C18H25ClN2O.ClH/c1-17(12-20)9-10-21(13-17)16(22)18(7-2-3-8-18)14-5-4-6-15(19)11-14;/h4-6,11H,2-3,7-10,12-13,20H2,1H3;1H. The van der Waals surface area contributed by atoms with Crippen molar-refractivity contribution in [1.29, 1.82) is 0 Å². The Kier molecular flexibility index (Phi) is 5.65. The molecule has 3 rings (SSSR count). The lowest BCUT2D eigenvalue weighted by atomic mass is 9.77. The first-order chi connectivity index (χ1) is 10.5. The summed E-state index contributed by atoms with van der Waals surface area (Å²) in [6, 6.07) is 7.87. The van der Waals surface area contributed by atoms with E-state index in [4.69, 9.17) is 17.3 Å². The summed E-state index contributed by atoms with van der Waals surface area (Å²) in [6.07, 6.45) is 5.09. The lowest BCUT2D eigenvalue weighted by Crippen LogP contribution is -2.45. The zero-order chi connectivity index (χ0) is 15.8. The van der Waals surface area contributed by atoms with Crippen molar-refractivity contribution in [2.75, 3.05) is 19.6 Å². The monoisotopic (exact) mass is 356 g/mol. The highest BCUT2D eigenvalue weighted by Gasteiger charge is 2.47. The van der Waals surface area contributed by atoms with Gasteiger partial charge in [-0.3, -0.25) is 4.79 Å². The number of amides is 1. The largest absolute Gasteiger partial charge is 0.341 e. The number of carbonyl (C=O) groups is 1. The molecular formula is C18H26Cl2N2O. The number of halogens is 2. The maximum Gasteiger partial charge on any atom is 0.233 e. The molecule has 1 aliphatic heterocycles. The average Bonchev–Trinajstić information content (AvgIpc) is 3.15. The van der Waals surface area contributed by atoms with Gasteiger partial charge in [-0.15, -0.1) is 12.4 Å². The molecule has 1 aromatic rings. The van der Waals surface area contributed by atoms with E-state index in [9.17, 15) is 4.79 Å². The van der Waals surface area contributed by atoms with Crippen LogP contribution in [-0.4, -0.2) is 30.4 Å². The van der Waals surface area contributed by atoms with E-state index >= 15 is 0 Å². The number of carbonyl (C=O) groups excluding carboxylic acids is 1. The van der Waals surface area contributed by atoms with Crippen LogP contribution in [-0.2, 0) is 10.2 Å². The highest BCUT2D eigenvalue weighted by atomic mass is 35.5. The molecule has 0 bridgehead atoms. The maximum absolute atomic E-state index is 13.3. The number of hydrogen-bond acceptors (Lipinski definition) is 2. The van der Waals surface area contributed by atoms with Crippen molar-refractivity contribution in [1.82, 2.24) is 4.90 Å². The summed E-state index contributed by atoms with van der Waals surface area (Å²) < 4.78 is 0. The van der Waals surface area contributed by atoms with E-state index < -0.39 is 0 Å². The van der Waals surface area contributed by atoms with Crippen molar-refractivity contribution in [3.63, 3.8) is 0 Å². The molecule has 0 radical (unpaired) electrons. The zero-order valence-electron chi connectivity index (χ0n) is 13.7. The molecule has 1 heterocycles. The van der Waals surface area contributed by atoms with Gasteiger partial charge in [0.15, 0.2) is 0 Å². The van der Waals surface area contributed by atoms with E-state index in [1.807, 2.05) is 23.1 Å². The van der Waals surface area contributed by atoms with E-state index in [1.54, 1.807) is 0 Å². The first kappa shape index (κ1) is 18.6. The molecule has 1 aliphatic carbocycles. The third kappa shape index (κ3) is 3.38. The SMILES string of the molecule is CC1(CN)CCN(C(=O)C2(c3cccc(Cl)c3)CCCC2)C1.Cl. The van der Waals surface area contributed by atoms with Crippen molar-refractivity contribution in [3.05, 3.63) is 34.9 Å². The van der Waals surface area contributed by atoms with Gasteiger partial charge in [-0.2, -0.15) is 0 Å². The van der Waals surface area contributed by atoms with Crippen LogP contribution in [0, 0.1) is 5.41 Å². The number of benzene rings is 1. The Balaban J connectivity index is 0.00000192. The molecule has 23 heavy (non-hydrogen) atoms. The lowest BCUT2D eigenvalue weighted by Gasteiger charge is -2.34. The van der Waals surface area contributed by atoms with Crippen LogP contribution in [0.2, 0.25) is 5.02 Å². The van der Waals surface area contributed by atoms with Crippen LogP contribution in [0.1, 0.15) is 44.6 Å². The van der Waals surface area contributed by atoms with E-state index in [0.717, 1.165) is 50.8 Å². The fraction of sp³-hybridized carbons (Fsp3) is 0.611. The van der Waals surface area contributed by atoms with Crippen molar-refractivity contribution < 1.29 is 4.79 Å². The number of nitrogens with two attached hydrogens (primary N) is 1. The number of hydrogen-bond donors (Lipinski definition) is 1. The fourth-order valence-corrected chi connectivity index (χ4v) is 4.25. The van der Waals surface area contributed by atoms with E-state index in [2.05, 4.69) is 13.0 Å². The molecule has 1 saturated carbocycles. The van der Waals surface area contributed by atoms with Gasteiger partial charge in [0.05, 0.1) is 5.41 Å². The minimum atomic E-state index is -0.370. The van der Waals surface area contributed by atoms with Gasteiger partial charge in [0.1, 0.15) is 0 Å². The molecule has 1 unspecified atom stereocenters. The van der Waals surface area contributed by atoms with Gasteiger partial charge in [0, 0.05) is 18.1 Å². The van der Waals surface area contributed by atoms with Gasteiger partial charge >= 0.3 is 0 Å². The predicted octanol–water partition coefficient (Wildman–Crippen LogP) is 3.77. The molecule has 5 heteroatoms. The van der Waals surface area contributed by atoms with Crippen LogP contribution in [0.4, 0.5) is 0 Å². The molecule has 0 aromatic heterocycles. The Hall–Kier alpha value is -0.770. The Morgan fingerprint density at radius 3 is 2.57 bits per heavy atom. The molecule has 2 N–H and O–H groups in total. The molecule has 3 nitrogen and oxygen atoms in total. The van der Waals surface area contributed by atoms with Crippen molar-refractivity contribution >= 4 is 29.9 Å². The Morgan fingerprint density at radius 2 is 2.00 bits per heavy atom. The molecule has 2 fully saturated rings. The van der Waals surface area contributed by atoms with Gasteiger partial charge in [0.2, 0.25) is 5.91 Å². The maximum atomic E-state index is 13.3. The summed E-state index contributed by atoms with van der Waals surface area (Å²) in [6.45, 7) is 4.43. The quantitative estimate of drug-likeness (QED) is 0.895. The third-order valence-electron chi connectivity index (χ3n) is 5.58. The average molecular weight is 357 g/mol. The van der Waals surface area contributed by atoms with E-state index in [1.165, 1.54) is 0 Å². The van der Waals surface area contributed by atoms with Crippen LogP contribution in [0.5, 0.6) is 0 Å². The first-order valence-electron chi connectivity index (χ1n) is 8.25. The van der Waals surface area contributed by atoms with Gasteiger partial charge in [0.25, 0.3) is 0 Å². The smallest absolute Gasteiger partial charge is 0.233 e. The Labute approximate surface area is 150 Å². The van der Waals surface area contributed by atoms with Gasteiger partial charge < -0.3 is 10.6 Å². The summed E-state index contributed by atoms with van der Waals surface area (Å²) >= 11 is 6.18. The first-order valence-corrected chi connectivity index (χ1v) is 8.62. The summed E-state index contributed by atoms with van der Waals surface area (Å²) in [5, 5.41) is 0.713. The number of nitrogens with zero attached hydrogens (tertiary/aromatic N) is 1. The van der Waals surface area contributed by atoms with Crippen molar-refractivity contribution in [3.8, 4) is 0 Å². The molecule has 1 atom stereocenters. The second kappa shape index (κ2) is 7.00. The second-order valence-electron chi connectivity index (χ2n) is 7.29. The number of likely N-dealkylation sites (tertiary alicyclic amines) is 1. The topological polar surface area (TPSA) is 46.3 Å². The van der Waals surface area contributed by atoms with Crippen LogP contribution >= 0.6 is 24.0 Å². The van der Waals surface area contributed by atoms with Gasteiger partial charge in [-0.1, -0.05) is 43.5 Å². The molecule has 1 aromatic carbocycles. The molecule has 1 amide bonds. The lowest BCUT2D eigenvalue weighted by molar-refractivity contribution is -0.136. The van der Waals surface area contributed by atoms with Crippen molar-refractivity contribution in [2.24, 2.45) is 11.1 Å². The minimum absolute atomic E-state index is 0. The highest BCUT2D eigenvalue weighted by molar-refractivity contribution is 6.30. The predicted molar refractivity (Wildman–Crippen MR) is 97.2 cm³/mol. The van der Waals surface area contributed by atoms with Gasteiger partial charge in [-0.05, 0) is 48.9 Å². The fourth-order valence-electron chi connectivity index (χ4n) is 4.06. The summed E-state index contributed by atoms with van der Waals surface area (Å²) in [4.78, 5) is 15.4. The van der Waals surface area contributed by atoms with Crippen LogP contribution < -0.4 is 5.73 Å². The minimum Gasteiger partial charge on any atom is -0.341 e. The Bertz CT molecular complexity index is 572. The van der Waals surface area contributed by atoms with Crippen molar-refractivity contribution in [2.45, 2.75) is 44.4 Å². The Morgan fingerprint density at radius 1 is 1.30 bits per heavy atom. The van der Waals surface area contributed by atoms with Crippen LogP contribution in [0.15, 0.2) is 24.3 Å². The summed E-state index contributed by atoms with van der Waals surface area (Å²) in [5.74, 6) is 0.282. The third-order valence-corrected chi connectivity index (χ3v) is 5.82. The summed E-state index contributed by atoms with van der Waals surface area (Å²) in [7, 11) is 0. The molecule has 128 valence electrons. The van der Waals surface area contributed by atoms with E-state index in [0.29, 0.717) is 11.6 Å². The number of rotatable bonds is 3. The normalized spacial score (nSPS) is 26.1. The summed E-state index contributed by atoms with van der Waals surface area (Å²) in [5.41, 5.74) is 6.68. The molecule has 0 spiro atoms. The zero-order valence-corrected chi connectivity index (χ0v) is 15.3. The van der Waals surface area contributed by atoms with E-state index in [-0.39, 0.29) is 29.1 Å². The molecular weight excluding hydrogens is 331 g/mol. The molecule has 1 saturated heterocycles. The molecule has 2 aliphatic rings. The second-order valence-corrected chi connectivity index (χ2v) is 7.73. The van der Waals surface area contributed by atoms with Crippen LogP contribution in [0.3, 0.4) is 0 Å². The highest BCUT2D eigenvalue weighted by Crippen LogP contribution is 2.44. The van der Waals surface area contributed by atoms with Crippen LogP contribution in [0.25, 0.3) is 0 Å².